The molecular weight excluding hydrogens is 198 g/mol. The summed E-state index contributed by atoms with van der Waals surface area (Å²) in [7, 11) is 0. The first-order valence-corrected chi connectivity index (χ1v) is 5.97. The summed E-state index contributed by atoms with van der Waals surface area (Å²) < 4.78 is 0. The Hall–Kier alpha value is -1.44. The molecule has 0 spiro atoms. The SMILES string of the molecule is O=C(CC1=NCCCCC1)c1ccccc1. The third-order valence-electron chi connectivity index (χ3n) is 2.92. The van der Waals surface area contributed by atoms with Crippen LogP contribution in [0.4, 0.5) is 0 Å². The zero-order valence-electron chi connectivity index (χ0n) is 9.48. The van der Waals surface area contributed by atoms with Crippen molar-refractivity contribution in [1.82, 2.24) is 0 Å². The minimum atomic E-state index is 0.196. The van der Waals surface area contributed by atoms with Gasteiger partial charge in [-0.25, -0.2) is 0 Å². The third-order valence-corrected chi connectivity index (χ3v) is 2.92. The van der Waals surface area contributed by atoms with Crippen molar-refractivity contribution in [3.8, 4) is 0 Å². The van der Waals surface area contributed by atoms with Crippen LogP contribution >= 0.6 is 0 Å². The van der Waals surface area contributed by atoms with E-state index in [9.17, 15) is 4.79 Å². The van der Waals surface area contributed by atoms with Gasteiger partial charge >= 0.3 is 0 Å². The van der Waals surface area contributed by atoms with E-state index in [1.165, 1.54) is 19.3 Å². The number of benzene rings is 1. The number of aliphatic imine (C=N–C) groups is 1. The molecule has 1 heterocycles. The number of nitrogens with zero attached hydrogens (tertiary/aromatic N) is 1. The van der Waals surface area contributed by atoms with Gasteiger partial charge in [-0.1, -0.05) is 36.8 Å². The van der Waals surface area contributed by atoms with E-state index in [2.05, 4.69) is 4.99 Å². The first kappa shape index (κ1) is 11.1. The lowest BCUT2D eigenvalue weighted by Crippen LogP contribution is -2.08. The van der Waals surface area contributed by atoms with E-state index in [0.717, 1.165) is 24.2 Å². The summed E-state index contributed by atoms with van der Waals surface area (Å²) in [5.41, 5.74) is 1.89. The van der Waals surface area contributed by atoms with Crippen LogP contribution in [0.1, 0.15) is 42.5 Å². The average molecular weight is 215 g/mol. The molecule has 16 heavy (non-hydrogen) atoms. The molecule has 0 amide bonds. The monoisotopic (exact) mass is 215 g/mol. The Kier molecular flexibility index (Phi) is 3.86. The first-order chi connectivity index (χ1) is 7.86. The maximum atomic E-state index is 11.9. The molecule has 0 saturated heterocycles. The van der Waals surface area contributed by atoms with Crippen molar-refractivity contribution in [3.05, 3.63) is 35.9 Å². The second kappa shape index (κ2) is 5.59. The Morgan fingerprint density at radius 3 is 2.75 bits per heavy atom. The largest absolute Gasteiger partial charge is 0.294 e. The van der Waals surface area contributed by atoms with Crippen LogP contribution in [-0.2, 0) is 0 Å². The lowest BCUT2D eigenvalue weighted by atomic mass is 10.0. The highest BCUT2D eigenvalue weighted by atomic mass is 16.1. The number of hydrogen-bond donors (Lipinski definition) is 0. The molecule has 0 bridgehead atoms. The molecule has 2 rings (SSSR count). The van der Waals surface area contributed by atoms with Gasteiger partial charge in [0.05, 0.1) is 0 Å². The Labute approximate surface area is 96.4 Å². The van der Waals surface area contributed by atoms with Crippen LogP contribution in [-0.4, -0.2) is 18.0 Å². The van der Waals surface area contributed by atoms with Gasteiger partial charge in [-0.15, -0.1) is 0 Å². The van der Waals surface area contributed by atoms with Crippen molar-refractivity contribution in [1.29, 1.82) is 0 Å². The molecule has 84 valence electrons. The zero-order chi connectivity index (χ0) is 11.2. The van der Waals surface area contributed by atoms with Crippen LogP contribution < -0.4 is 0 Å². The van der Waals surface area contributed by atoms with Crippen LogP contribution in [0.25, 0.3) is 0 Å². The number of hydrogen-bond acceptors (Lipinski definition) is 2. The smallest absolute Gasteiger partial charge is 0.168 e. The molecule has 0 fully saturated rings. The topological polar surface area (TPSA) is 29.4 Å². The minimum Gasteiger partial charge on any atom is -0.294 e. The molecule has 0 radical (unpaired) electrons. The van der Waals surface area contributed by atoms with Crippen molar-refractivity contribution in [2.45, 2.75) is 32.1 Å². The van der Waals surface area contributed by atoms with Crippen molar-refractivity contribution in [2.75, 3.05) is 6.54 Å². The lowest BCUT2D eigenvalue weighted by Gasteiger charge is -2.03. The standard InChI is InChI=1S/C14H17NO/c16-14(12-7-3-1-4-8-12)11-13-9-5-2-6-10-15-13/h1,3-4,7-8H,2,5-6,9-11H2. The minimum absolute atomic E-state index is 0.196. The molecule has 0 unspecified atom stereocenters. The van der Waals surface area contributed by atoms with E-state index in [1.54, 1.807) is 0 Å². The van der Waals surface area contributed by atoms with E-state index >= 15 is 0 Å². The second-order valence-electron chi connectivity index (χ2n) is 4.22. The Morgan fingerprint density at radius 1 is 1.12 bits per heavy atom. The van der Waals surface area contributed by atoms with Gasteiger partial charge in [-0.2, -0.15) is 0 Å². The second-order valence-corrected chi connectivity index (χ2v) is 4.22. The fourth-order valence-corrected chi connectivity index (χ4v) is 1.99. The van der Waals surface area contributed by atoms with Crippen LogP contribution in [0, 0.1) is 0 Å². The maximum Gasteiger partial charge on any atom is 0.168 e. The highest BCUT2D eigenvalue weighted by Crippen LogP contribution is 2.12. The maximum absolute atomic E-state index is 11.9. The quantitative estimate of drug-likeness (QED) is 0.711. The summed E-state index contributed by atoms with van der Waals surface area (Å²) in [6.45, 7) is 0.900. The summed E-state index contributed by atoms with van der Waals surface area (Å²) in [5, 5.41) is 0. The molecule has 1 aromatic rings. The van der Waals surface area contributed by atoms with E-state index in [0.29, 0.717) is 6.42 Å². The Morgan fingerprint density at radius 2 is 1.94 bits per heavy atom. The molecule has 2 heteroatoms. The highest BCUT2D eigenvalue weighted by Gasteiger charge is 2.11. The number of rotatable bonds is 3. The van der Waals surface area contributed by atoms with Gasteiger partial charge in [0.1, 0.15) is 0 Å². The molecule has 1 aliphatic rings. The molecule has 1 aliphatic heterocycles. The molecule has 1 aromatic carbocycles. The van der Waals surface area contributed by atoms with Crippen LogP contribution in [0.5, 0.6) is 0 Å². The molecule has 0 N–H and O–H groups in total. The van der Waals surface area contributed by atoms with Crippen LogP contribution in [0.3, 0.4) is 0 Å². The first-order valence-electron chi connectivity index (χ1n) is 5.97. The summed E-state index contributed by atoms with van der Waals surface area (Å²) in [4.78, 5) is 16.4. The van der Waals surface area contributed by atoms with Gasteiger partial charge in [-0.05, 0) is 19.3 Å². The summed E-state index contributed by atoms with van der Waals surface area (Å²) in [5.74, 6) is 0.196. The number of carbonyl (C=O) groups excluding carboxylic acids is 1. The van der Waals surface area contributed by atoms with Gasteiger partial charge in [0, 0.05) is 24.2 Å². The van der Waals surface area contributed by atoms with E-state index in [1.807, 2.05) is 30.3 Å². The molecule has 2 nitrogen and oxygen atoms in total. The van der Waals surface area contributed by atoms with Gasteiger partial charge in [0.2, 0.25) is 0 Å². The fourth-order valence-electron chi connectivity index (χ4n) is 1.99. The molecule has 0 aromatic heterocycles. The Bertz CT molecular complexity index is 381. The lowest BCUT2D eigenvalue weighted by molar-refractivity contribution is 0.1000. The summed E-state index contributed by atoms with van der Waals surface area (Å²) in [6.07, 6.45) is 5.10. The van der Waals surface area contributed by atoms with Crippen molar-refractivity contribution < 1.29 is 4.79 Å². The number of carbonyl (C=O) groups is 1. The number of Topliss-reactive ketones (excluding diaryl/α,β-unsaturated/α-hetero) is 1. The predicted octanol–water partition coefficient (Wildman–Crippen LogP) is 3.27. The highest BCUT2D eigenvalue weighted by molar-refractivity contribution is 6.09. The Balaban J connectivity index is 1.99. The third kappa shape index (κ3) is 3.02. The van der Waals surface area contributed by atoms with E-state index in [-0.39, 0.29) is 5.78 Å². The van der Waals surface area contributed by atoms with Crippen molar-refractivity contribution in [2.24, 2.45) is 4.99 Å². The van der Waals surface area contributed by atoms with Gasteiger partial charge in [-0.3, -0.25) is 9.79 Å². The van der Waals surface area contributed by atoms with Crippen molar-refractivity contribution >= 4 is 11.5 Å². The molecular formula is C14H17NO. The van der Waals surface area contributed by atoms with E-state index < -0.39 is 0 Å². The molecule has 0 saturated carbocycles. The average Bonchev–Trinajstić information content (AvgIpc) is 2.59. The fraction of sp³-hybridized carbons (Fsp3) is 0.429. The normalized spacial score (nSPS) is 16.4. The summed E-state index contributed by atoms with van der Waals surface area (Å²) in [6, 6.07) is 9.49. The van der Waals surface area contributed by atoms with Gasteiger partial charge in [0.25, 0.3) is 0 Å². The molecule has 0 aliphatic carbocycles. The van der Waals surface area contributed by atoms with Gasteiger partial charge in [0.15, 0.2) is 5.78 Å². The number of ketones is 1. The van der Waals surface area contributed by atoms with Gasteiger partial charge < -0.3 is 0 Å². The molecule has 0 atom stereocenters. The van der Waals surface area contributed by atoms with Crippen LogP contribution in [0.15, 0.2) is 35.3 Å². The van der Waals surface area contributed by atoms with E-state index in [4.69, 9.17) is 0 Å². The summed E-state index contributed by atoms with van der Waals surface area (Å²) >= 11 is 0. The van der Waals surface area contributed by atoms with Crippen LogP contribution in [0.2, 0.25) is 0 Å². The predicted molar refractivity (Wildman–Crippen MR) is 66.2 cm³/mol. The van der Waals surface area contributed by atoms with Crippen molar-refractivity contribution in [3.63, 3.8) is 0 Å². The zero-order valence-corrected chi connectivity index (χ0v) is 9.48.